The topological polar surface area (TPSA) is 78.5 Å². The highest BCUT2D eigenvalue weighted by molar-refractivity contribution is 5.75. The van der Waals surface area contributed by atoms with E-state index < -0.39 is 0 Å². The summed E-state index contributed by atoms with van der Waals surface area (Å²) in [5.41, 5.74) is 3.90. The Morgan fingerprint density at radius 1 is 1.24 bits per heavy atom. The van der Waals surface area contributed by atoms with Crippen molar-refractivity contribution < 1.29 is 0 Å². The number of rotatable bonds is 5. The van der Waals surface area contributed by atoms with Gasteiger partial charge in [0, 0.05) is 24.3 Å². The molecule has 2 heterocycles. The molecule has 1 aliphatic carbocycles. The van der Waals surface area contributed by atoms with Crippen molar-refractivity contribution in [3.8, 4) is 0 Å². The van der Waals surface area contributed by atoms with Crippen LogP contribution in [0.15, 0.2) is 35.4 Å². The molecule has 6 nitrogen and oxygen atoms in total. The molecule has 0 saturated heterocycles. The first-order valence-electron chi connectivity index (χ1n) is 9.17. The Morgan fingerprint density at radius 3 is 2.88 bits per heavy atom. The summed E-state index contributed by atoms with van der Waals surface area (Å²) >= 11 is 0. The van der Waals surface area contributed by atoms with Gasteiger partial charge in [-0.1, -0.05) is 25.3 Å². The molecule has 0 amide bonds. The van der Waals surface area contributed by atoms with Crippen LogP contribution in [0, 0.1) is 0 Å². The quantitative estimate of drug-likeness (QED) is 0.666. The molecule has 1 atom stereocenters. The van der Waals surface area contributed by atoms with Crippen molar-refractivity contribution in [3.63, 3.8) is 0 Å². The minimum absolute atomic E-state index is 0.164. The summed E-state index contributed by atoms with van der Waals surface area (Å²) in [6, 6.07) is 6.79. The molecule has 4 rings (SSSR count). The van der Waals surface area contributed by atoms with Crippen LogP contribution in [0.2, 0.25) is 0 Å². The van der Waals surface area contributed by atoms with Crippen LogP contribution in [0.4, 0.5) is 0 Å². The molecule has 6 heteroatoms. The van der Waals surface area contributed by atoms with Crippen LogP contribution in [0.1, 0.15) is 62.2 Å². The van der Waals surface area contributed by atoms with Crippen LogP contribution in [0.25, 0.3) is 11.0 Å². The zero-order valence-corrected chi connectivity index (χ0v) is 14.6. The van der Waals surface area contributed by atoms with Crippen molar-refractivity contribution in [2.75, 3.05) is 0 Å². The molecule has 3 aromatic rings. The van der Waals surface area contributed by atoms with Gasteiger partial charge in [-0.25, -0.2) is 4.79 Å². The number of hydrogen-bond donors (Lipinski definition) is 3. The molecule has 1 aromatic carbocycles. The molecule has 25 heavy (non-hydrogen) atoms. The monoisotopic (exact) mass is 339 g/mol. The number of imidazole rings is 1. The first-order chi connectivity index (χ1) is 12.2. The maximum atomic E-state index is 11.4. The van der Waals surface area contributed by atoms with E-state index in [1.165, 1.54) is 37.7 Å². The minimum atomic E-state index is -0.164. The molecule has 2 aromatic heterocycles. The molecule has 1 aliphatic rings. The first kappa shape index (κ1) is 16.1. The van der Waals surface area contributed by atoms with Gasteiger partial charge in [-0.3, -0.25) is 4.68 Å². The Bertz CT molecular complexity index is 900. The maximum Gasteiger partial charge on any atom is 0.323 e. The molecular formula is C19H25N5O. The van der Waals surface area contributed by atoms with Gasteiger partial charge in [0.05, 0.1) is 23.3 Å². The van der Waals surface area contributed by atoms with E-state index in [0.29, 0.717) is 6.04 Å². The van der Waals surface area contributed by atoms with Crippen LogP contribution in [0.3, 0.4) is 0 Å². The van der Waals surface area contributed by atoms with Crippen molar-refractivity contribution in [2.24, 2.45) is 0 Å². The second-order valence-electron chi connectivity index (χ2n) is 7.11. The average Bonchev–Trinajstić information content (AvgIpc) is 3.25. The van der Waals surface area contributed by atoms with E-state index in [0.717, 1.165) is 23.1 Å². The van der Waals surface area contributed by atoms with Crippen LogP contribution in [0.5, 0.6) is 0 Å². The third kappa shape index (κ3) is 3.54. The molecular weight excluding hydrogens is 314 g/mol. The Balaban J connectivity index is 1.39. The molecule has 0 spiro atoms. The molecule has 1 fully saturated rings. The summed E-state index contributed by atoms with van der Waals surface area (Å²) in [5.74, 6) is 0. The van der Waals surface area contributed by atoms with Gasteiger partial charge in [-0.2, -0.15) is 5.10 Å². The highest BCUT2D eigenvalue weighted by atomic mass is 16.1. The van der Waals surface area contributed by atoms with Crippen molar-refractivity contribution in [1.82, 2.24) is 25.1 Å². The molecule has 1 saturated carbocycles. The van der Waals surface area contributed by atoms with Gasteiger partial charge < -0.3 is 15.3 Å². The number of aromatic nitrogens is 4. The average molecular weight is 339 g/mol. The first-order valence-corrected chi connectivity index (χ1v) is 9.17. The Kier molecular flexibility index (Phi) is 4.44. The van der Waals surface area contributed by atoms with Crippen LogP contribution in [-0.2, 0) is 6.54 Å². The van der Waals surface area contributed by atoms with E-state index >= 15 is 0 Å². The van der Waals surface area contributed by atoms with Gasteiger partial charge in [0.15, 0.2) is 0 Å². The van der Waals surface area contributed by atoms with Crippen LogP contribution < -0.4 is 11.0 Å². The molecule has 132 valence electrons. The van der Waals surface area contributed by atoms with Gasteiger partial charge in [0.2, 0.25) is 0 Å². The van der Waals surface area contributed by atoms with Crippen molar-refractivity contribution in [1.29, 1.82) is 0 Å². The second kappa shape index (κ2) is 6.88. The zero-order valence-electron chi connectivity index (χ0n) is 14.6. The summed E-state index contributed by atoms with van der Waals surface area (Å²) in [5, 5.41) is 8.11. The molecule has 0 radical (unpaired) electrons. The van der Waals surface area contributed by atoms with E-state index in [1.54, 1.807) is 0 Å². The number of fused-ring (bicyclic) bond motifs is 1. The number of H-pyrrole nitrogens is 2. The lowest BCUT2D eigenvalue weighted by atomic mass is 9.96. The Morgan fingerprint density at radius 2 is 2.04 bits per heavy atom. The Labute approximate surface area is 146 Å². The summed E-state index contributed by atoms with van der Waals surface area (Å²) < 4.78 is 2.15. The van der Waals surface area contributed by atoms with E-state index in [1.807, 2.05) is 18.3 Å². The number of aromatic amines is 2. The summed E-state index contributed by atoms with van der Waals surface area (Å²) in [7, 11) is 0. The fraction of sp³-hybridized carbons (Fsp3) is 0.474. The number of nitrogens with one attached hydrogen (secondary N) is 3. The molecule has 0 aliphatic heterocycles. The highest BCUT2D eigenvalue weighted by Crippen LogP contribution is 2.27. The van der Waals surface area contributed by atoms with Gasteiger partial charge in [-0.15, -0.1) is 0 Å². The van der Waals surface area contributed by atoms with Crippen molar-refractivity contribution >= 4 is 11.0 Å². The second-order valence-corrected chi connectivity index (χ2v) is 7.11. The highest BCUT2D eigenvalue weighted by Gasteiger charge is 2.16. The van der Waals surface area contributed by atoms with Crippen LogP contribution in [-0.4, -0.2) is 19.7 Å². The number of hydrogen-bond acceptors (Lipinski definition) is 3. The van der Waals surface area contributed by atoms with Crippen molar-refractivity contribution in [3.05, 3.63) is 52.2 Å². The normalized spacial score (nSPS) is 17.2. The molecule has 1 unspecified atom stereocenters. The lowest BCUT2D eigenvalue weighted by Gasteiger charge is -2.21. The van der Waals surface area contributed by atoms with E-state index in [9.17, 15) is 4.79 Å². The predicted molar refractivity (Wildman–Crippen MR) is 98.5 cm³/mol. The van der Waals surface area contributed by atoms with E-state index in [2.05, 4.69) is 44.3 Å². The predicted octanol–water partition coefficient (Wildman–Crippen LogP) is 3.41. The van der Waals surface area contributed by atoms with Gasteiger partial charge in [-0.05, 0) is 37.5 Å². The van der Waals surface area contributed by atoms with Gasteiger partial charge in [0.25, 0.3) is 0 Å². The standard InChI is InChI=1S/C19H25N5O/c1-13(15-7-8-17-18(9-15)23-19(25)22-17)20-10-14-11-21-24(12-14)16-5-3-2-4-6-16/h7-9,11-13,16,20H,2-6,10H2,1H3,(H2,22,23,25). The minimum Gasteiger partial charge on any atom is -0.306 e. The third-order valence-electron chi connectivity index (χ3n) is 5.26. The lowest BCUT2D eigenvalue weighted by molar-refractivity contribution is 0.329. The third-order valence-corrected chi connectivity index (χ3v) is 5.26. The lowest BCUT2D eigenvalue weighted by Crippen LogP contribution is -2.18. The van der Waals surface area contributed by atoms with Crippen molar-refractivity contribution in [2.45, 2.75) is 57.7 Å². The Hall–Kier alpha value is -2.34. The largest absolute Gasteiger partial charge is 0.323 e. The maximum absolute atomic E-state index is 11.4. The summed E-state index contributed by atoms with van der Waals surface area (Å²) in [4.78, 5) is 17.0. The van der Waals surface area contributed by atoms with Gasteiger partial charge >= 0.3 is 5.69 Å². The zero-order chi connectivity index (χ0) is 17.2. The van der Waals surface area contributed by atoms with E-state index in [4.69, 9.17) is 0 Å². The van der Waals surface area contributed by atoms with E-state index in [-0.39, 0.29) is 11.7 Å². The fourth-order valence-electron chi connectivity index (χ4n) is 3.72. The van der Waals surface area contributed by atoms with Crippen LogP contribution >= 0.6 is 0 Å². The fourth-order valence-corrected chi connectivity index (χ4v) is 3.72. The number of nitrogens with zero attached hydrogens (tertiary/aromatic N) is 2. The smallest absolute Gasteiger partial charge is 0.306 e. The molecule has 0 bridgehead atoms. The molecule has 3 N–H and O–H groups in total. The van der Waals surface area contributed by atoms with Gasteiger partial charge in [0.1, 0.15) is 0 Å². The summed E-state index contributed by atoms with van der Waals surface area (Å²) in [6.45, 7) is 2.92. The number of benzene rings is 1. The summed E-state index contributed by atoms with van der Waals surface area (Å²) in [6.07, 6.45) is 10.7. The SMILES string of the molecule is CC(NCc1cnn(C2CCCCC2)c1)c1ccc2[nH]c(=O)[nH]c2c1.